The van der Waals surface area contributed by atoms with Crippen molar-refractivity contribution in [2.75, 3.05) is 7.11 Å². The zero-order chi connectivity index (χ0) is 22.0. The Morgan fingerprint density at radius 2 is 1.74 bits per heavy atom. The minimum atomic E-state index is -0.263. The van der Waals surface area contributed by atoms with Crippen LogP contribution in [0.2, 0.25) is 0 Å². The van der Waals surface area contributed by atoms with Gasteiger partial charge in [0, 0.05) is 6.04 Å². The third-order valence-corrected chi connectivity index (χ3v) is 5.92. The molecule has 5 nitrogen and oxygen atoms in total. The number of imide groups is 1. The Hall–Kier alpha value is -3.25. The van der Waals surface area contributed by atoms with E-state index in [4.69, 9.17) is 9.47 Å². The summed E-state index contributed by atoms with van der Waals surface area (Å²) in [6.45, 7) is 4.06. The van der Waals surface area contributed by atoms with Crippen molar-refractivity contribution in [1.29, 1.82) is 0 Å². The fourth-order valence-electron chi connectivity index (χ4n) is 3.46. The summed E-state index contributed by atoms with van der Waals surface area (Å²) in [6.07, 6.45) is 1.71. The van der Waals surface area contributed by atoms with Gasteiger partial charge in [-0.1, -0.05) is 42.5 Å². The third kappa shape index (κ3) is 4.44. The maximum absolute atomic E-state index is 12.5. The van der Waals surface area contributed by atoms with Crippen molar-refractivity contribution in [3.8, 4) is 11.5 Å². The maximum atomic E-state index is 12.5. The van der Waals surface area contributed by atoms with E-state index < -0.39 is 0 Å². The van der Waals surface area contributed by atoms with E-state index >= 15 is 0 Å². The number of amides is 2. The van der Waals surface area contributed by atoms with Gasteiger partial charge in [0.1, 0.15) is 6.61 Å². The van der Waals surface area contributed by atoms with Crippen LogP contribution in [-0.4, -0.2) is 29.2 Å². The number of hydrogen-bond acceptors (Lipinski definition) is 5. The fraction of sp³-hybridized carbons (Fsp3) is 0.200. The average molecular weight is 434 g/mol. The van der Waals surface area contributed by atoms with E-state index in [-0.39, 0.29) is 17.2 Å². The second-order valence-corrected chi connectivity index (χ2v) is 8.52. The Morgan fingerprint density at radius 3 is 2.45 bits per heavy atom. The molecule has 4 rings (SSSR count). The highest BCUT2D eigenvalue weighted by atomic mass is 32.2. The molecule has 0 spiro atoms. The molecular formula is C25H23NO4S. The summed E-state index contributed by atoms with van der Waals surface area (Å²) in [7, 11) is 1.58. The van der Waals surface area contributed by atoms with Crippen LogP contribution in [0.3, 0.4) is 0 Å². The first-order chi connectivity index (χ1) is 15.0. The van der Waals surface area contributed by atoms with Crippen LogP contribution in [0.1, 0.15) is 25.0 Å². The van der Waals surface area contributed by atoms with Gasteiger partial charge in [-0.15, -0.1) is 0 Å². The van der Waals surface area contributed by atoms with Crippen LogP contribution in [-0.2, 0) is 11.4 Å². The molecule has 3 aromatic carbocycles. The molecule has 0 bridgehead atoms. The summed E-state index contributed by atoms with van der Waals surface area (Å²) in [4.78, 5) is 26.3. The minimum absolute atomic E-state index is 0.168. The molecule has 1 aliphatic heterocycles. The molecule has 31 heavy (non-hydrogen) atoms. The zero-order valence-electron chi connectivity index (χ0n) is 17.6. The Kier molecular flexibility index (Phi) is 6.00. The van der Waals surface area contributed by atoms with Gasteiger partial charge in [-0.05, 0) is 71.8 Å². The first-order valence-electron chi connectivity index (χ1n) is 10.0. The Labute approximate surface area is 185 Å². The summed E-state index contributed by atoms with van der Waals surface area (Å²) < 4.78 is 11.5. The van der Waals surface area contributed by atoms with Gasteiger partial charge in [0.15, 0.2) is 11.5 Å². The van der Waals surface area contributed by atoms with Crippen LogP contribution >= 0.6 is 11.8 Å². The normalized spacial score (nSPS) is 15.4. The lowest BCUT2D eigenvalue weighted by Crippen LogP contribution is -2.34. The number of thioether (sulfide) groups is 1. The first-order valence-corrected chi connectivity index (χ1v) is 10.8. The van der Waals surface area contributed by atoms with Crippen molar-refractivity contribution in [3.05, 3.63) is 76.7 Å². The largest absolute Gasteiger partial charge is 0.493 e. The molecule has 1 saturated heterocycles. The first kappa shape index (κ1) is 21.0. The molecule has 3 aromatic rings. The standard InChI is InChI=1S/C25H23NO4S/c1-16(2)26-24(27)23(31-25(26)28)14-17-9-11-21(22(13-17)29-3)30-15-18-8-10-19-6-4-5-7-20(19)12-18/h4-14,16H,15H2,1-3H3/b23-14+. The van der Waals surface area contributed by atoms with Crippen LogP contribution in [0.5, 0.6) is 11.5 Å². The number of ether oxygens (including phenoxy) is 2. The van der Waals surface area contributed by atoms with Gasteiger partial charge in [-0.25, -0.2) is 0 Å². The second kappa shape index (κ2) is 8.86. The van der Waals surface area contributed by atoms with Gasteiger partial charge >= 0.3 is 0 Å². The molecule has 158 valence electrons. The maximum Gasteiger partial charge on any atom is 0.293 e. The van der Waals surface area contributed by atoms with Crippen molar-refractivity contribution in [3.63, 3.8) is 0 Å². The Bertz CT molecular complexity index is 1190. The molecule has 0 unspecified atom stereocenters. The van der Waals surface area contributed by atoms with Crippen molar-refractivity contribution in [1.82, 2.24) is 4.90 Å². The number of methoxy groups -OCH3 is 1. The van der Waals surface area contributed by atoms with Crippen molar-refractivity contribution in [2.24, 2.45) is 0 Å². The van der Waals surface area contributed by atoms with Crippen LogP contribution in [0.15, 0.2) is 65.6 Å². The van der Waals surface area contributed by atoms with Gasteiger partial charge in [0.2, 0.25) is 0 Å². The number of rotatable bonds is 6. The Morgan fingerprint density at radius 1 is 0.968 bits per heavy atom. The summed E-state index contributed by atoms with van der Waals surface area (Å²) in [5, 5.41) is 2.12. The molecule has 1 fully saturated rings. The lowest BCUT2D eigenvalue weighted by atomic mass is 10.1. The summed E-state index contributed by atoms with van der Waals surface area (Å²) in [5.74, 6) is 0.918. The second-order valence-electron chi connectivity index (χ2n) is 7.53. The summed E-state index contributed by atoms with van der Waals surface area (Å²) >= 11 is 0.957. The van der Waals surface area contributed by atoms with Gasteiger partial charge in [-0.2, -0.15) is 0 Å². The molecule has 1 aliphatic rings. The van der Waals surface area contributed by atoms with Gasteiger partial charge in [-0.3, -0.25) is 14.5 Å². The van der Waals surface area contributed by atoms with Gasteiger partial charge in [0.25, 0.3) is 11.1 Å². The molecular weight excluding hydrogens is 410 g/mol. The monoisotopic (exact) mass is 433 g/mol. The van der Waals surface area contributed by atoms with Gasteiger partial charge in [0.05, 0.1) is 12.0 Å². The van der Waals surface area contributed by atoms with E-state index in [0.29, 0.717) is 23.0 Å². The highest BCUT2D eigenvalue weighted by Gasteiger charge is 2.36. The topological polar surface area (TPSA) is 55.8 Å². The molecule has 0 aliphatic carbocycles. The molecule has 0 N–H and O–H groups in total. The van der Waals surface area contributed by atoms with E-state index in [1.165, 1.54) is 15.7 Å². The molecule has 0 radical (unpaired) electrons. The van der Waals surface area contributed by atoms with Crippen LogP contribution in [0.4, 0.5) is 4.79 Å². The number of nitrogens with zero attached hydrogens (tertiary/aromatic N) is 1. The molecule has 0 saturated carbocycles. The fourth-order valence-corrected chi connectivity index (χ4v) is 4.42. The van der Waals surface area contributed by atoms with Crippen molar-refractivity contribution in [2.45, 2.75) is 26.5 Å². The molecule has 2 amide bonds. The lowest BCUT2D eigenvalue weighted by Gasteiger charge is -2.16. The minimum Gasteiger partial charge on any atom is -0.493 e. The Balaban J connectivity index is 1.51. The van der Waals surface area contributed by atoms with Crippen LogP contribution < -0.4 is 9.47 Å². The van der Waals surface area contributed by atoms with Crippen molar-refractivity contribution < 1.29 is 19.1 Å². The number of benzene rings is 3. The quantitative estimate of drug-likeness (QED) is 0.455. The van der Waals surface area contributed by atoms with E-state index in [1.54, 1.807) is 19.3 Å². The third-order valence-electron chi connectivity index (χ3n) is 5.03. The van der Waals surface area contributed by atoms with Gasteiger partial charge < -0.3 is 9.47 Å². The number of carbonyl (C=O) groups is 2. The SMILES string of the molecule is COc1cc(/C=C2/SC(=O)N(C(C)C)C2=O)ccc1OCc1ccc2ccccc2c1. The zero-order valence-corrected chi connectivity index (χ0v) is 18.4. The van der Waals surface area contributed by atoms with E-state index in [1.807, 2.05) is 44.2 Å². The summed E-state index contributed by atoms with van der Waals surface area (Å²) in [5.41, 5.74) is 1.83. The van der Waals surface area contributed by atoms with E-state index in [0.717, 1.165) is 22.9 Å². The average Bonchev–Trinajstić information content (AvgIpc) is 3.05. The predicted octanol–water partition coefficient (Wildman–Crippen LogP) is 5.87. The van der Waals surface area contributed by atoms with Crippen molar-refractivity contribution >= 4 is 39.8 Å². The molecule has 0 atom stereocenters. The van der Waals surface area contributed by atoms with Crippen LogP contribution in [0.25, 0.3) is 16.8 Å². The molecule has 0 aromatic heterocycles. The number of hydrogen-bond donors (Lipinski definition) is 0. The number of carbonyl (C=O) groups excluding carboxylic acids is 2. The summed E-state index contributed by atoms with van der Waals surface area (Å²) in [6, 6.07) is 19.7. The highest BCUT2D eigenvalue weighted by Crippen LogP contribution is 2.35. The molecule has 6 heteroatoms. The van der Waals surface area contributed by atoms with E-state index in [9.17, 15) is 9.59 Å². The smallest absolute Gasteiger partial charge is 0.293 e. The van der Waals surface area contributed by atoms with E-state index in [2.05, 4.69) is 24.3 Å². The predicted molar refractivity (Wildman–Crippen MR) is 124 cm³/mol. The molecule has 1 heterocycles. The number of fused-ring (bicyclic) bond motifs is 1. The lowest BCUT2D eigenvalue weighted by molar-refractivity contribution is -0.123. The highest BCUT2D eigenvalue weighted by molar-refractivity contribution is 8.18. The van der Waals surface area contributed by atoms with Crippen LogP contribution in [0, 0.1) is 0 Å².